The Hall–Kier alpha value is -3.02. The molecule has 2 aromatic carbocycles. The number of hydrogen-bond acceptors (Lipinski definition) is 7. The van der Waals surface area contributed by atoms with E-state index in [0.717, 1.165) is 27.8 Å². The fourth-order valence-electron chi connectivity index (χ4n) is 4.26. The molecule has 9 nitrogen and oxygen atoms in total. The minimum atomic E-state index is -0.377. The number of aromatic amines is 2. The quantitative estimate of drug-likeness (QED) is 0.180. The lowest BCUT2D eigenvalue weighted by molar-refractivity contribution is 0.0518. The van der Waals surface area contributed by atoms with Gasteiger partial charge in [0.2, 0.25) is 0 Å². The summed E-state index contributed by atoms with van der Waals surface area (Å²) in [5, 5.41) is 21.4. The van der Waals surface area contributed by atoms with Gasteiger partial charge >= 0.3 is 11.9 Å². The Balaban J connectivity index is 0.000000215. The molecule has 2 heterocycles. The van der Waals surface area contributed by atoms with Gasteiger partial charge in [0.1, 0.15) is 11.5 Å². The molecular formula is C27H31Br2N3O6. The Labute approximate surface area is 237 Å². The van der Waals surface area contributed by atoms with Crippen LogP contribution in [-0.4, -0.2) is 64.3 Å². The third kappa shape index (κ3) is 6.00. The molecule has 0 saturated heterocycles. The van der Waals surface area contributed by atoms with Crippen LogP contribution in [-0.2, 0) is 16.0 Å². The van der Waals surface area contributed by atoms with Gasteiger partial charge in [-0.15, -0.1) is 0 Å². The SMILES string of the molecule is CCOC(=O)c1c(C)[nH]c2cc(Br)c(O)c(CN(C)C)c12.CCOC(=O)c1c(C)[nH]c2cc(Br)c(O)cc12. The van der Waals surface area contributed by atoms with E-state index in [4.69, 9.17) is 9.47 Å². The second-order valence-electron chi connectivity index (χ2n) is 8.89. The number of aryl methyl sites for hydroxylation is 2. The predicted molar refractivity (Wildman–Crippen MR) is 154 cm³/mol. The third-order valence-corrected chi connectivity index (χ3v) is 7.03. The van der Waals surface area contributed by atoms with Crippen molar-refractivity contribution in [1.29, 1.82) is 0 Å². The normalized spacial score (nSPS) is 11.1. The van der Waals surface area contributed by atoms with Gasteiger partial charge in [0.05, 0.1) is 33.3 Å². The number of H-pyrrole nitrogens is 2. The Morgan fingerprint density at radius 3 is 1.97 bits per heavy atom. The van der Waals surface area contributed by atoms with E-state index in [-0.39, 0.29) is 23.4 Å². The lowest BCUT2D eigenvalue weighted by Crippen LogP contribution is -2.12. The molecular weight excluding hydrogens is 622 g/mol. The van der Waals surface area contributed by atoms with E-state index in [1.807, 2.05) is 25.9 Å². The highest BCUT2D eigenvalue weighted by atomic mass is 79.9. The first-order valence-electron chi connectivity index (χ1n) is 11.9. The summed E-state index contributed by atoms with van der Waals surface area (Å²) in [7, 11) is 3.82. The molecule has 38 heavy (non-hydrogen) atoms. The maximum Gasteiger partial charge on any atom is 0.340 e. The first-order valence-corrected chi connectivity index (χ1v) is 13.5. The number of benzene rings is 2. The Kier molecular flexibility index (Phi) is 9.50. The maximum atomic E-state index is 12.2. The molecule has 204 valence electrons. The number of rotatable bonds is 6. The predicted octanol–water partition coefficient (Wildman–Crippen LogP) is 6.30. The molecule has 11 heteroatoms. The Bertz CT molecular complexity index is 1510. The average molecular weight is 653 g/mol. The van der Waals surface area contributed by atoms with Crippen molar-refractivity contribution < 1.29 is 29.3 Å². The van der Waals surface area contributed by atoms with Crippen LogP contribution in [0.1, 0.15) is 51.5 Å². The van der Waals surface area contributed by atoms with Gasteiger partial charge in [-0.2, -0.15) is 0 Å². The van der Waals surface area contributed by atoms with Crippen molar-refractivity contribution in [3.8, 4) is 11.5 Å². The molecule has 0 saturated carbocycles. The number of carbonyl (C=O) groups excluding carboxylic acids is 2. The van der Waals surface area contributed by atoms with E-state index in [9.17, 15) is 19.8 Å². The lowest BCUT2D eigenvalue weighted by atomic mass is 10.0. The summed E-state index contributed by atoms with van der Waals surface area (Å²) in [4.78, 5) is 32.2. The van der Waals surface area contributed by atoms with Crippen LogP contribution in [0.25, 0.3) is 21.8 Å². The topological polar surface area (TPSA) is 128 Å². The Morgan fingerprint density at radius 2 is 1.39 bits per heavy atom. The second-order valence-corrected chi connectivity index (χ2v) is 10.6. The summed E-state index contributed by atoms with van der Waals surface area (Å²) >= 11 is 6.59. The van der Waals surface area contributed by atoms with Crippen LogP contribution >= 0.6 is 31.9 Å². The number of fused-ring (bicyclic) bond motifs is 2. The molecule has 0 radical (unpaired) electrons. The molecule has 0 aliphatic heterocycles. The number of halogens is 2. The number of phenols is 2. The summed E-state index contributed by atoms with van der Waals surface area (Å²) in [5.74, 6) is -0.497. The van der Waals surface area contributed by atoms with Gasteiger partial charge in [-0.25, -0.2) is 9.59 Å². The van der Waals surface area contributed by atoms with Crippen LogP contribution in [0.5, 0.6) is 11.5 Å². The second kappa shape index (κ2) is 12.2. The van der Waals surface area contributed by atoms with Gasteiger partial charge in [0.25, 0.3) is 0 Å². The molecule has 2 aromatic heterocycles. The number of aromatic hydroxyl groups is 2. The van der Waals surface area contributed by atoms with Gasteiger partial charge in [0, 0.05) is 45.3 Å². The number of esters is 2. The van der Waals surface area contributed by atoms with Crippen LogP contribution in [0.3, 0.4) is 0 Å². The molecule has 4 N–H and O–H groups in total. The zero-order chi connectivity index (χ0) is 28.3. The monoisotopic (exact) mass is 651 g/mol. The fourth-order valence-corrected chi connectivity index (χ4v) is 5.07. The van der Waals surface area contributed by atoms with Crippen molar-refractivity contribution >= 4 is 65.6 Å². The minimum absolute atomic E-state index is 0.0991. The van der Waals surface area contributed by atoms with E-state index in [1.165, 1.54) is 0 Å². The first kappa shape index (κ1) is 29.5. The molecule has 0 aliphatic carbocycles. The van der Waals surface area contributed by atoms with E-state index >= 15 is 0 Å². The molecule has 0 fully saturated rings. The zero-order valence-corrected chi connectivity index (χ0v) is 25.3. The van der Waals surface area contributed by atoms with Crippen LogP contribution < -0.4 is 0 Å². The van der Waals surface area contributed by atoms with E-state index in [0.29, 0.717) is 50.8 Å². The van der Waals surface area contributed by atoms with Gasteiger partial charge in [-0.3, -0.25) is 0 Å². The number of nitrogens with one attached hydrogen (secondary N) is 2. The van der Waals surface area contributed by atoms with Crippen molar-refractivity contribution in [2.45, 2.75) is 34.2 Å². The largest absolute Gasteiger partial charge is 0.507 e. The number of nitrogens with zero attached hydrogens (tertiary/aromatic N) is 1. The van der Waals surface area contributed by atoms with Crippen molar-refractivity contribution in [2.75, 3.05) is 27.3 Å². The van der Waals surface area contributed by atoms with Crippen LogP contribution in [0.15, 0.2) is 27.1 Å². The molecule has 0 unspecified atom stereocenters. The summed E-state index contributed by atoms with van der Waals surface area (Å²) < 4.78 is 11.3. The summed E-state index contributed by atoms with van der Waals surface area (Å²) in [6.45, 7) is 8.33. The molecule has 4 aromatic rings. The van der Waals surface area contributed by atoms with Crippen molar-refractivity contribution in [2.24, 2.45) is 0 Å². The van der Waals surface area contributed by atoms with Crippen LogP contribution in [0.4, 0.5) is 0 Å². The van der Waals surface area contributed by atoms with E-state index in [1.54, 1.807) is 39.0 Å². The van der Waals surface area contributed by atoms with E-state index < -0.39 is 0 Å². The van der Waals surface area contributed by atoms with Gasteiger partial charge in [0.15, 0.2) is 0 Å². The molecule has 0 amide bonds. The molecule has 0 atom stereocenters. The maximum absolute atomic E-state index is 12.2. The van der Waals surface area contributed by atoms with Crippen LogP contribution in [0, 0.1) is 13.8 Å². The van der Waals surface area contributed by atoms with E-state index in [2.05, 4.69) is 41.8 Å². The molecule has 0 spiro atoms. The first-order chi connectivity index (χ1) is 17.9. The van der Waals surface area contributed by atoms with Crippen molar-refractivity contribution in [3.63, 3.8) is 0 Å². The van der Waals surface area contributed by atoms with Gasteiger partial charge in [-0.05, 0) is 91.8 Å². The summed E-state index contributed by atoms with van der Waals surface area (Å²) in [6.07, 6.45) is 0. The van der Waals surface area contributed by atoms with Crippen LogP contribution in [0.2, 0.25) is 0 Å². The number of ether oxygens (including phenoxy) is 2. The highest BCUT2D eigenvalue weighted by molar-refractivity contribution is 9.11. The highest BCUT2D eigenvalue weighted by Gasteiger charge is 2.23. The summed E-state index contributed by atoms with van der Waals surface area (Å²) in [5.41, 5.74) is 4.73. The van der Waals surface area contributed by atoms with Gasteiger partial charge in [-0.1, -0.05) is 0 Å². The summed E-state index contributed by atoms with van der Waals surface area (Å²) in [6, 6.07) is 5.06. The highest BCUT2D eigenvalue weighted by Crippen LogP contribution is 2.38. The van der Waals surface area contributed by atoms with Crippen molar-refractivity contribution in [3.05, 3.63) is 55.2 Å². The molecule has 4 rings (SSSR count). The average Bonchev–Trinajstić information content (AvgIpc) is 3.32. The number of carbonyl (C=O) groups is 2. The fraction of sp³-hybridized carbons (Fsp3) is 0.333. The minimum Gasteiger partial charge on any atom is -0.507 e. The smallest absolute Gasteiger partial charge is 0.340 e. The third-order valence-electron chi connectivity index (χ3n) is 5.79. The number of aromatic nitrogens is 2. The number of phenolic OH excluding ortho intramolecular Hbond substituents is 2. The lowest BCUT2D eigenvalue weighted by Gasteiger charge is -2.14. The van der Waals surface area contributed by atoms with Crippen molar-refractivity contribution in [1.82, 2.24) is 14.9 Å². The molecule has 0 bridgehead atoms. The molecule has 0 aliphatic rings. The zero-order valence-electron chi connectivity index (χ0n) is 22.1. The standard InChI is InChI=1S/C15H19BrN2O3.C12H12BrNO3/c1-5-21-15(20)12-8(2)17-11-6-10(16)14(19)9(13(11)12)7-18(3)4;1-3-17-12(16)11-6(2)14-9-5-8(13)10(15)4-7(9)11/h6,17,19H,5,7H2,1-4H3;4-5,14-15H,3H2,1-2H3. The Morgan fingerprint density at radius 1 is 0.868 bits per heavy atom. The van der Waals surface area contributed by atoms with Gasteiger partial charge < -0.3 is 34.6 Å². The number of hydrogen-bond donors (Lipinski definition) is 4.